The standard InChI is InChI=1S/C16H19NO2/c1-13(19-15-8-4-3-5-9-15)12-17-14-7-6-10-16(11-14)18-2/h3-11,13,17H,12H2,1-2H3. The van der Waals surface area contributed by atoms with E-state index in [0.29, 0.717) is 0 Å². The van der Waals surface area contributed by atoms with Gasteiger partial charge in [-0.15, -0.1) is 0 Å². The summed E-state index contributed by atoms with van der Waals surface area (Å²) in [6.45, 7) is 2.78. The number of hydrogen-bond acceptors (Lipinski definition) is 3. The van der Waals surface area contributed by atoms with Gasteiger partial charge in [0.2, 0.25) is 0 Å². The molecule has 2 rings (SSSR count). The highest BCUT2D eigenvalue weighted by Gasteiger charge is 2.03. The number of para-hydroxylation sites is 1. The molecule has 0 bridgehead atoms. The van der Waals surface area contributed by atoms with Crippen molar-refractivity contribution in [1.29, 1.82) is 0 Å². The maximum Gasteiger partial charge on any atom is 0.120 e. The molecule has 100 valence electrons. The van der Waals surface area contributed by atoms with Gasteiger partial charge in [0.05, 0.1) is 13.7 Å². The zero-order valence-corrected chi connectivity index (χ0v) is 11.3. The molecule has 3 heteroatoms. The normalized spacial score (nSPS) is 11.7. The van der Waals surface area contributed by atoms with Crippen LogP contribution in [0.2, 0.25) is 0 Å². The predicted octanol–water partition coefficient (Wildman–Crippen LogP) is 3.57. The minimum atomic E-state index is 0.0913. The maximum absolute atomic E-state index is 5.80. The van der Waals surface area contributed by atoms with Crippen molar-refractivity contribution < 1.29 is 9.47 Å². The SMILES string of the molecule is COc1cccc(NCC(C)Oc2ccccc2)c1. The second-order valence-corrected chi connectivity index (χ2v) is 4.35. The zero-order chi connectivity index (χ0) is 13.5. The second-order valence-electron chi connectivity index (χ2n) is 4.35. The summed E-state index contributed by atoms with van der Waals surface area (Å²) in [7, 11) is 1.67. The first-order valence-corrected chi connectivity index (χ1v) is 6.37. The van der Waals surface area contributed by atoms with Crippen LogP contribution in [0.25, 0.3) is 0 Å². The van der Waals surface area contributed by atoms with Gasteiger partial charge in [-0.1, -0.05) is 24.3 Å². The molecule has 0 saturated carbocycles. The third kappa shape index (κ3) is 4.21. The van der Waals surface area contributed by atoms with Crippen LogP contribution in [0, 0.1) is 0 Å². The first kappa shape index (κ1) is 13.3. The fourth-order valence-corrected chi connectivity index (χ4v) is 1.77. The van der Waals surface area contributed by atoms with Gasteiger partial charge in [-0.05, 0) is 31.2 Å². The van der Waals surface area contributed by atoms with Gasteiger partial charge in [0.1, 0.15) is 17.6 Å². The quantitative estimate of drug-likeness (QED) is 0.858. The van der Waals surface area contributed by atoms with E-state index in [0.717, 1.165) is 23.7 Å². The lowest BCUT2D eigenvalue weighted by atomic mass is 10.3. The lowest BCUT2D eigenvalue weighted by Gasteiger charge is -2.16. The number of benzene rings is 2. The summed E-state index contributed by atoms with van der Waals surface area (Å²) >= 11 is 0. The van der Waals surface area contributed by atoms with E-state index in [1.54, 1.807) is 7.11 Å². The van der Waals surface area contributed by atoms with Crippen LogP contribution >= 0.6 is 0 Å². The van der Waals surface area contributed by atoms with Crippen molar-refractivity contribution in [2.24, 2.45) is 0 Å². The highest BCUT2D eigenvalue weighted by Crippen LogP contribution is 2.17. The summed E-state index contributed by atoms with van der Waals surface area (Å²) in [4.78, 5) is 0. The second kappa shape index (κ2) is 6.69. The first-order chi connectivity index (χ1) is 9.28. The van der Waals surface area contributed by atoms with Crippen molar-refractivity contribution in [3.63, 3.8) is 0 Å². The van der Waals surface area contributed by atoms with Gasteiger partial charge in [0, 0.05) is 11.8 Å². The molecule has 0 aliphatic heterocycles. The van der Waals surface area contributed by atoms with Crippen molar-refractivity contribution in [1.82, 2.24) is 0 Å². The third-order valence-electron chi connectivity index (χ3n) is 2.74. The Labute approximate surface area is 114 Å². The van der Waals surface area contributed by atoms with Gasteiger partial charge < -0.3 is 14.8 Å². The fraction of sp³-hybridized carbons (Fsp3) is 0.250. The molecule has 19 heavy (non-hydrogen) atoms. The fourth-order valence-electron chi connectivity index (χ4n) is 1.77. The van der Waals surface area contributed by atoms with E-state index in [4.69, 9.17) is 9.47 Å². The lowest BCUT2D eigenvalue weighted by Crippen LogP contribution is -2.22. The Balaban J connectivity index is 1.84. The van der Waals surface area contributed by atoms with E-state index < -0.39 is 0 Å². The topological polar surface area (TPSA) is 30.5 Å². The van der Waals surface area contributed by atoms with E-state index in [-0.39, 0.29) is 6.10 Å². The van der Waals surface area contributed by atoms with E-state index in [2.05, 4.69) is 5.32 Å². The summed E-state index contributed by atoms with van der Waals surface area (Å²) in [5.74, 6) is 1.74. The van der Waals surface area contributed by atoms with Crippen molar-refractivity contribution in [3.8, 4) is 11.5 Å². The third-order valence-corrected chi connectivity index (χ3v) is 2.74. The molecular weight excluding hydrogens is 238 g/mol. The molecule has 0 aliphatic rings. The molecule has 0 aromatic heterocycles. The van der Waals surface area contributed by atoms with Crippen LogP contribution in [0.3, 0.4) is 0 Å². The molecule has 0 amide bonds. The smallest absolute Gasteiger partial charge is 0.120 e. The van der Waals surface area contributed by atoms with Crippen LogP contribution in [0.4, 0.5) is 5.69 Å². The number of ether oxygens (including phenoxy) is 2. The summed E-state index contributed by atoms with van der Waals surface area (Å²) in [5.41, 5.74) is 1.03. The van der Waals surface area contributed by atoms with Gasteiger partial charge in [0.15, 0.2) is 0 Å². The highest BCUT2D eigenvalue weighted by atomic mass is 16.5. The Morgan fingerprint density at radius 1 is 1.00 bits per heavy atom. The Morgan fingerprint density at radius 2 is 1.74 bits per heavy atom. The molecular formula is C16H19NO2. The average Bonchev–Trinajstić information content (AvgIpc) is 2.46. The number of anilines is 1. The minimum absolute atomic E-state index is 0.0913. The largest absolute Gasteiger partial charge is 0.497 e. The van der Waals surface area contributed by atoms with Crippen molar-refractivity contribution in [2.45, 2.75) is 13.0 Å². The van der Waals surface area contributed by atoms with Crippen LogP contribution < -0.4 is 14.8 Å². The Morgan fingerprint density at radius 3 is 2.47 bits per heavy atom. The number of methoxy groups -OCH3 is 1. The monoisotopic (exact) mass is 257 g/mol. The molecule has 2 aromatic rings. The number of nitrogens with one attached hydrogen (secondary N) is 1. The highest BCUT2D eigenvalue weighted by molar-refractivity contribution is 5.48. The van der Waals surface area contributed by atoms with Crippen LogP contribution in [0.5, 0.6) is 11.5 Å². The van der Waals surface area contributed by atoms with Gasteiger partial charge in [0.25, 0.3) is 0 Å². The molecule has 0 heterocycles. The molecule has 1 N–H and O–H groups in total. The van der Waals surface area contributed by atoms with Crippen LogP contribution in [-0.2, 0) is 0 Å². The van der Waals surface area contributed by atoms with Crippen molar-refractivity contribution >= 4 is 5.69 Å². The summed E-state index contributed by atoms with van der Waals surface area (Å²) in [6.07, 6.45) is 0.0913. The van der Waals surface area contributed by atoms with Gasteiger partial charge in [-0.2, -0.15) is 0 Å². The van der Waals surface area contributed by atoms with E-state index in [9.17, 15) is 0 Å². The molecule has 0 aliphatic carbocycles. The van der Waals surface area contributed by atoms with Crippen LogP contribution in [-0.4, -0.2) is 19.8 Å². The number of hydrogen-bond donors (Lipinski definition) is 1. The molecule has 0 fully saturated rings. The van der Waals surface area contributed by atoms with Gasteiger partial charge in [-0.3, -0.25) is 0 Å². The Hall–Kier alpha value is -2.16. The van der Waals surface area contributed by atoms with Gasteiger partial charge in [-0.25, -0.2) is 0 Å². The summed E-state index contributed by atoms with van der Waals surface area (Å²) in [5, 5.41) is 3.33. The van der Waals surface area contributed by atoms with Crippen molar-refractivity contribution in [2.75, 3.05) is 19.0 Å². The molecule has 3 nitrogen and oxygen atoms in total. The Kier molecular flexibility index (Phi) is 4.67. The molecule has 0 saturated heterocycles. The van der Waals surface area contributed by atoms with Gasteiger partial charge >= 0.3 is 0 Å². The number of rotatable bonds is 6. The van der Waals surface area contributed by atoms with E-state index in [1.165, 1.54) is 0 Å². The molecule has 0 radical (unpaired) electrons. The first-order valence-electron chi connectivity index (χ1n) is 6.37. The summed E-state index contributed by atoms with van der Waals surface area (Å²) < 4.78 is 11.0. The maximum atomic E-state index is 5.80. The van der Waals surface area contributed by atoms with E-state index >= 15 is 0 Å². The predicted molar refractivity (Wildman–Crippen MR) is 78.0 cm³/mol. The average molecular weight is 257 g/mol. The van der Waals surface area contributed by atoms with Crippen LogP contribution in [0.1, 0.15) is 6.92 Å². The molecule has 1 atom stereocenters. The molecule has 2 aromatic carbocycles. The Bertz CT molecular complexity index is 499. The van der Waals surface area contributed by atoms with Crippen LogP contribution in [0.15, 0.2) is 54.6 Å². The molecule has 0 spiro atoms. The lowest BCUT2D eigenvalue weighted by molar-refractivity contribution is 0.235. The zero-order valence-electron chi connectivity index (χ0n) is 11.3. The minimum Gasteiger partial charge on any atom is -0.497 e. The van der Waals surface area contributed by atoms with E-state index in [1.807, 2.05) is 61.5 Å². The van der Waals surface area contributed by atoms with Crippen molar-refractivity contribution in [3.05, 3.63) is 54.6 Å². The summed E-state index contributed by atoms with van der Waals surface area (Å²) in [6, 6.07) is 17.7. The molecule has 1 unspecified atom stereocenters.